The van der Waals surface area contributed by atoms with Crippen LogP contribution >= 0.6 is 11.6 Å². The molecule has 36 heavy (non-hydrogen) atoms. The average Bonchev–Trinajstić information content (AvgIpc) is 3.16. The molecule has 1 saturated carbocycles. The van der Waals surface area contributed by atoms with Crippen LogP contribution in [0.15, 0.2) is 28.2 Å². The molecule has 9 heteroatoms. The van der Waals surface area contributed by atoms with Crippen molar-refractivity contribution in [3.05, 3.63) is 23.2 Å². The zero-order valence-corrected chi connectivity index (χ0v) is 23.1. The molecule has 0 aromatic heterocycles. The quantitative estimate of drug-likeness (QED) is 0.436. The third kappa shape index (κ3) is 6.64. The average molecular weight is 517 g/mol. The van der Waals surface area contributed by atoms with Crippen LogP contribution in [0.2, 0.25) is 5.02 Å². The van der Waals surface area contributed by atoms with Crippen LogP contribution in [0.25, 0.3) is 0 Å². The van der Waals surface area contributed by atoms with E-state index < -0.39 is 6.29 Å². The Kier molecular flexibility index (Phi) is 9.73. The third-order valence-corrected chi connectivity index (χ3v) is 8.17. The summed E-state index contributed by atoms with van der Waals surface area (Å²) in [4.78, 5) is 16.7. The molecule has 2 fully saturated rings. The lowest BCUT2D eigenvalue weighted by Crippen LogP contribution is -2.58. The highest BCUT2D eigenvalue weighted by atomic mass is 35.5. The Labute approximate surface area is 222 Å². The molecule has 1 aromatic rings. The second-order valence-electron chi connectivity index (χ2n) is 10.2. The number of nitrogens with two attached hydrogens (primary N) is 1. The molecule has 2 heterocycles. The number of nitrogens with one attached hydrogen (secondary N) is 2. The number of guanidine groups is 2. The maximum atomic E-state index is 6.67. The molecule has 2 aliphatic heterocycles. The molecular weight excluding hydrogens is 472 g/mol. The van der Waals surface area contributed by atoms with Gasteiger partial charge in [0, 0.05) is 37.4 Å². The molecule has 1 saturated heterocycles. The van der Waals surface area contributed by atoms with Crippen LogP contribution in [0, 0.1) is 0 Å². The number of benzene rings is 1. The van der Waals surface area contributed by atoms with Crippen molar-refractivity contribution in [3.63, 3.8) is 0 Å². The molecule has 2 unspecified atom stereocenters. The Hall–Kier alpha value is -2.03. The van der Waals surface area contributed by atoms with Gasteiger partial charge in [0.15, 0.2) is 6.29 Å². The molecule has 4 N–H and O–H groups in total. The molecule has 0 spiro atoms. The number of aliphatic imine (C=N–C) groups is 2. The van der Waals surface area contributed by atoms with Gasteiger partial charge in [0.05, 0.1) is 10.7 Å². The number of hydrogen-bond donors (Lipinski definition) is 3. The van der Waals surface area contributed by atoms with Gasteiger partial charge < -0.3 is 20.4 Å². The summed E-state index contributed by atoms with van der Waals surface area (Å²) in [5, 5.41) is 7.86. The number of hydrogen-bond acceptors (Lipinski definition) is 8. The van der Waals surface area contributed by atoms with Crippen molar-refractivity contribution in [2.45, 2.75) is 90.5 Å². The molecular formula is C27H45ClN8. The molecule has 0 radical (unpaired) electrons. The summed E-state index contributed by atoms with van der Waals surface area (Å²) >= 11 is 6.64. The van der Waals surface area contributed by atoms with Gasteiger partial charge in [0.25, 0.3) is 0 Å². The highest BCUT2D eigenvalue weighted by Crippen LogP contribution is 2.29. The smallest absolute Gasteiger partial charge is 0.229 e. The van der Waals surface area contributed by atoms with Crippen LogP contribution in [0.3, 0.4) is 0 Å². The Morgan fingerprint density at radius 1 is 1.06 bits per heavy atom. The predicted octanol–water partition coefficient (Wildman–Crippen LogP) is 4.66. The van der Waals surface area contributed by atoms with Crippen molar-refractivity contribution < 1.29 is 0 Å². The zero-order valence-electron chi connectivity index (χ0n) is 22.3. The van der Waals surface area contributed by atoms with E-state index in [2.05, 4.69) is 52.2 Å². The molecule has 1 aromatic carbocycles. The Morgan fingerprint density at radius 3 is 2.47 bits per heavy atom. The Balaban J connectivity index is 1.53. The lowest BCUT2D eigenvalue weighted by atomic mass is 10.1. The third-order valence-electron chi connectivity index (χ3n) is 7.87. The lowest BCUT2D eigenvalue weighted by molar-refractivity contribution is 0.194. The number of rotatable bonds is 8. The highest BCUT2D eigenvalue weighted by molar-refractivity contribution is 6.33. The Morgan fingerprint density at radius 2 is 1.81 bits per heavy atom. The molecule has 8 nitrogen and oxygen atoms in total. The van der Waals surface area contributed by atoms with Gasteiger partial charge in [-0.2, -0.15) is 4.99 Å². The number of halogens is 1. The number of nitrogens with zero attached hydrogens (tertiary/aromatic N) is 5. The van der Waals surface area contributed by atoms with Crippen LogP contribution < -0.4 is 21.3 Å². The van der Waals surface area contributed by atoms with Crippen LogP contribution in [-0.4, -0.2) is 72.8 Å². The molecule has 4 rings (SSSR count). The first kappa shape index (κ1) is 27.0. The normalized spacial score (nSPS) is 23.8. The summed E-state index contributed by atoms with van der Waals surface area (Å²) in [6.45, 7) is 11.4. The number of likely N-dealkylation sites (N-methyl/N-ethyl adjacent to an activating group) is 1. The van der Waals surface area contributed by atoms with E-state index in [1.807, 2.05) is 12.1 Å². The summed E-state index contributed by atoms with van der Waals surface area (Å²) in [7, 11) is 0. The zero-order chi connectivity index (χ0) is 25.5. The molecule has 2 atom stereocenters. The fraction of sp³-hybridized carbons (Fsp3) is 0.704. The minimum atomic E-state index is -0.483. The van der Waals surface area contributed by atoms with Crippen molar-refractivity contribution in [1.82, 2.24) is 15.1 Å². The number of anilines is 2. The van der Waals surface area contributed by atoms with E-state index in [0.717, 1.165) is 50.1 Å². The second kappa shape index (κ2) is 13.0. The van der Waals surface area contributed by atoms with E-state index in [1.165, 1.54) is 51.4 Å². The van der Waals surface area contributed by atoms with Crippen LogP contribution in [0.5, 0.6) is 0 Å². The lowest BCUT2D eigenvalue weighted by Gasteiger charge is -2.38. The van der Waals surface area contributed by atoms with Gasteiger partial charge in [-0.1, -0.05) is 44.2 Å². The minimum absolute atomic E-state index is 0.425. The van der Waals surface area contributed by atoms with E-state index in [1.54, 1.807) is 0 Å². The topological polar surface area (TPSA) is 84.5 Å². The van der Waals surface area contributed by atoms with Crippen molar-refractivity contribution >= 4 is 34.9 Å². The summed E-state index contributed by atoms with van der Waals surface area (Å²) in [6.07, 6.45) is 9.47. The molecule has 3 aliphatic rings. The van der Waals surface area contributed by atoms with Gasteiger partial charge in [-0.3, -0.25) is 10.6 Å². The van der Waals surface area contributed by atoms with E-state index in [-0.39, 0.29) is 0 Å². The summed E-state index contributed by atoms with van der Waals surface area (Å²) < 4.78 is 0. The summed E-state index contributed by atoms with van der Waals surface area (Å²) in [5.41, 5.74) is 8.57. The van der Waals surface area contributed by atoms with E-state index in [4.69, 9.17) is 27.3 Å². The van der Waals surface area contributed by atoms with Crippen LogP contribution in [0.1, 0.15) is 72.1 Å². The SMILES string of the molecule is CCN(CC)c1ccc(NC2=NC(N)N(CC3CCCN3CC)C(NC3CCCCCC3)=N2)cc1Cl. The highest BCUT2D eigenvalue weighted by Gasteiger charge is 2.32. The van der Waals surface area contributed by atoms with Crippen LogP contribution in [0.4, 0.5) is 11.4 Å². The number of likely N-dealkylation sites (tertiary alicyclic amines) is 1. The summed E-state index contributed by atoms with van der Waals surface area (Å²) in [5.74, 6) is 1.38. The molecule has 1 aliphatic carbocycles. The van der Waals surface area contributed by atoms with Gasteiger partial charge in [0.1, 0.15) is 0 Å². The largest absolute Gasteiger partial charge is 0.371 e. The monoisotopic (exact) mass is 516 g/mol. The Bertz CT molecular complexity index is 907. The van der Waals surface area contributed by atoms with E-state index in [9.17, 15) is 0 Å². The van der Waals surface area contributed by atoms with Gasteiger partial charge in [-0.15, -0.1) is 0 Å². The maximum absolute atomic E-state index is 6.67. The maximum Gasteiger partial charge on any atom is 0.229 e. The van der Waals surface area contributed by atoms with E-state index in [0.29, 0.717) is 23.1 Å². The first-order chi connectivity index (χ1) is 17.5. The first-order valence-corrected chi connectivity index (χ1v) is 14.4. The van der Waals surface area contributed by atoms with E-state index >= 15 is 0 Å². The van der Waals surface area contributed by atoms with Crippen molar-refractivity contribution in [3.8, 4) is 0 Å². The fourth-order valence-electron chi connectivity index (χ4n) is 5.77. The summed E-state index contributed by atoms with van der Waals surface area (Å²) in [6, 6.07) is 6.95. The predicted molar refractivity (Wildman–Crippen MR) is 153 cm³/mol. The van der Waals surface area contributed by atoms with Crippen molar-refractivity contribution in [2.24, 2.45) is 15.7 Å². The molecule has 0 bridgehead atoms. The van der Waals surface area contributed by atoms with Gasteiger partial charge in [0.2, 0.25) is 11.9 Å². The van der Waals surface area contributed by atoms with Gasteiger partial charge >= 0.3 is 0 Å². The first-order valence-electron chi connectivity index (χ1n) is 14.0. The molecule has 200 valence electrons. The fourth-order valence-corrected chi connectivity index (χ4v) is 6.07. The van der Waals surface area contributed by atoms with Gasteiger partial charge in [-0.25, -0.2) is 4.99 Å². The standard InChI is InChI=1S/C27H45ClN8/c1-4-34(5-2)24-16-15-21(18-23(24)28)30-26-32-25(29)36(19-22-14-11-17-35(22)6-3)27(33-26)31-20-12-9-7-8-10-13-20/h15-16,18,20,22,25H,4-14,17,19,29H2,1-3H3,(H2,30,31,32,33). The second-order valence-corrected chi connectivity index (χ2v) is 10.6. The van der Waals surface area contributed by atoms with Gasteiger partial charge in [-0.05, 0) is 70.8 Å². The van der Waals surface area contributed by atoms with Crippen molar-refractivity contribution in [2.75, 3.05) is 42.9 Å². The minimum Gasteiger partial charge on any atom is -0.371 e. The van der Waals surface area contributed by atoms with Crippen LogP contribution in [-0.2, 0) is 0 Å². The molecule has 0 amide bonds. The van der Waals surface area contributed by atoms with Crippen molar-refractivity contribution in [1.29, 1.82) is 0 Å².